The number of carbonyl (C=O) groups excluding carboxylic acids is 1. The van der Waals surface area contributed by atoms with Crippen LogP contribution in [-0.2, 0) is 11.2 Å². The Morgan fingerprint density at radius 3 is 2.67 bits per heavy atom. The van der Waals surface area contributed by atoms with Crippen LogP contribution in [0.4, 0.5) is 5.69 Å². The van der Waals surface area contributed by atoms with Gasteiger partial charge in [-0.2, -0.15) is 4.98 Å². The van der Waals surface area contributed by atoms with Crippen molar-refractivity contribution in [2.45, 2.75) is 32.6 Å². The second-order valence-electron chi connectivity index (χ2n) is 6.57. The van der Waals surface area contributed by atoms with E-state index in [2.05, 4.69) is 41.4 Å². The molecule has 1 aromatic heterocycles. The second kappa shape index (κ2) is 8.49. The first-order valence-corrected chi connectivity index (χ1v) is 8.92. The van der Waals surface area contributed by atoms with Crippen LogP contribution in [0.25, 0.3) is 11.4 Å². The van der Waals surface area contributed by atoms with Crippen molar-refractivity contribution < 1.29 is 14.1 Å². The molecule has 0 bridgehead atoms. The summed E-state index contributed by atoms with van der Waals surface area (Å²) in [7, 11) is 1.59. The number of hydrogen-bond acceptors (Lipinski definition) is 5. The molecule has 0 fully saturated rings. The van der Waals surface area contributed by atoms with Crippen LogP contribution in [-0.4, -0.2) is 23.2 Å². The lowest BCUT2D eigenvalue weighted by atomic mass is 10.0. The Kier molecular flexibility index (Phi) is 5.86. The van der Waals surface area contributed by atoms with Gasteiger partial charge >= 0.3 is 0 Å². The van der Waals surface area contributed by atoms with E-state index >= 15 is 0 Å². The third-order valence-corrected chi connectivity index (χ3v) is 4.22. The summed E-state index contributed by atoms with van der Waals surface area (Å²) < 4.78 is 10.4. The Balaban J connectivity index is 1.56. The van der Waals surface area contributed by atoms with Gasteiger partial charge in [-0.05, 0) is 23.6 Å². The first-order valence-electron chi connectivity index (χ1n) is 8.92. The van der Waals surface area contributed by atoms with Crippen LogP contribution in [0.1, 0.15) is 37.6 Å². The molecule has 27 heavy (non-hydrogen) atoms. The summed E-state index contributed by atoms with van der Waals surface area (Å²) in [6, 6.07) is 15.3. The molecule has 6 heteroatoms. The molecule has 0 aliphatic heterocycles. The van der Waals surface area contributed by atoms with E-state index in [0.29, 0.717) is 35.5 Å². The molecule has 0 spiro atoms. The molecule has 1 N–H and O–H groups in total. The predicted octanol–water partition coefficient (Wildman–Crippen LogP) is 4.44. The maximum absolute atomic E-state index is 12.1. The predicted molar refractivity (Wildman–Crippen MR) is 104 cm³/mol. The molecule has 0 radical (unpaired) electrons. The number of amides is 1. The largest absolute Gasteiger partial charge is 0.497 e. The van der Waals surface area contributed by atoms with Crippen LogP contribution >= 0.6 is 0 Å². The normalized spacial score (nSPS) is 10.8. The van der Waals surface area contributed by atoms with Crippen molar-refractivity contribution in [2.24, 2.45) is 0 Å². The third kappa shape index (κ3) is 4.94. The number of benzene rings is 2. The average Bonchev–Trinajstić information content (AvgIpc) is 3.15. The monoisotopic (exact) mass is 365 g/mol. The summed E-state index contributed by atoms with van der Waals surface area (Å²) in [5, 5.41) is 6.84. The first-order chi connectivity index (χ1) is 13.0. The van der Waals surface area contributed by atoms with Gasteiger partial charge < -0.3 is 14.6 Å². The van der Waals surface area contributed by atoms with Crippen LogP contribution in [0.15, 0.2) is 53.1 Å². The summed E-state index contributed by atoms with van der Waals surface area (Å²) in [5.41, 5.74) is 2.85. The molecule has 0 aliphatic rings. The van der Waals surface area contributed by atoms with Gasteiger partial charge in [0.25, 0.3) is 0 Å². The van der Waals surface area contributed by atoms with E-state index in [1.807, 2.05) is 30.3 Å². The third-order valence-electron chi connectivity index (χ3n) is 4.22. The van der Waals surface area contributed by atoms with Gasteiger partial charge in [0.2, 0.25) is 17.6 Å². The van der Waals surface area contributed by atoms with E-state index in [1.54, 1.807) is 13.2 Å². The van der Waals surface area contributed by atoms with Gasteiger partial charge in [0.15, 0.2) is 0 Å². The highest BCUT2D eigenvalue weighted by Gasteiger charge is 2.11. The maximum Gasteiger partial charge on any atom is 0.227 e. The number of nitrogens with zero attached hydrogens (tertiary/aromatic N) is 2. The summed E-state index contributed by atoms with van der Waals surface area (Å²) in [5.74, 6) is 2.03. The number of anilines is 1. The maximum atomic E-state index is 12.1. The number of nitrogens with one attached hydrogen (secondary N) is 1. The van der Waals surface area contributed by atoms with Crippen molar-refractivity contribution in [3.05, 3.63) is 60.0 Å². The van der Waals surface area contributed by atoms with Crippen LogP contribution in [0, 0.1) is 0 Å². The molecule has 6 nitrogen and oxygen atoms in total. The fourth-order valence-corrected chi connectivity index (χ4v) is 2.64. The number of ether oxygens (including phenoxy) is 1. The fraction of sp³-hybridized carbons (Fsp3) is 0.286. The number of hydrogen-bond donors (Lipinski definition) is 1. The Bertz CT molecular complexity index is 901. The van der Waals surface area contributed by atoms with Crippen molar-refractivity contribution in [3.8, 4) is 17.1 Å². The Labute approximate surface area is 158 Å². The molecule has 2 aromatic carbocycles. The number of aromatic nitrogens is 2. The molecule has 0 atom stereocenters. The van der Waals surface area contributed by atoms with E-state index in [9.17, 15) is 4.79 Å². The first kappa shape index (κ1) is 18.6. The minimum Gasteiger partial charge on any atom is -0.497 e. The zero-order valence-corrected chi connectivity index (χ0v) is 15.7. The van der Waals surface area contributed by atoms with Crippen molar-refractivity contribution >= 4 is 11.6 Å². The molecule has 3 rings (SSSR count). The molecule has 0 saturated carbocycles. The molecule has 1 heterocycles. The van der Waals surface area contributed by atoms with Gasteiger partial charge in [-0.25, -0.2) is 0 Å². The molecule has 1 amide bonds. The highest BCUT2D eigenvalue weighted by atomic mass is 16.5. The van der Waals surface area contributed by atoms with E-state index in [-0.39, 0.29) is 12.3 Å². The number of aryl methyl sites for hydroxylation is 1. The Morgan fingerprint density at radius 1 is 1.19 bits per heavy atom. The molecule has 0 aliphatic carbocycles. The van der Waals surface area contributed by atoms with E-state index in [1.165, 1.54) is 5.56 Å². The van der Waals surface area contributed by atoms with Gasteiger partial charge in [-0.15, -0.1) is 0 Å². The molecular formula is C21H23N3O3. The molecule has 3 aromatic rings. The lowest BCUT2D eigenvalue weighted by Crippen LogP contribution is -2.12. The number of carbonyl (C=O) groups is 1. The van der Waals surface area contributed by atoms with Gasteiger partial charge in [-0.3, -0.25) is 4.79 Å². The lowest BCUT2D eigenvalue weighted by Gasteiger charge is -2.06. The van der Waals surface area contributed by atoms with Crippen molar-refractivity contribution in [1.29, 1.82) is 0 Å². The van der Waals surface area contributed by atoms with Crippen molar-refractivity contribution in [1.82, 2.24) is 10.1 Å². The van der Waals surface area contributed by atoms with Gasteiger partial charge in [0.1, 0.15) is 5.75 Å². The quantitative estimate of drug-likeness (QED) is 0.670. The molecule has 0 saturated heterocycles. The SMILES string of the molecule is COc1cccc(NC(=O)CCc2nc(-c3ccc(C(C)C)cc3)no2)c1. The minimum absolute atomic E-state index is 0.121. The van der Waals surface area contributed by atoms with Crippen LogP contribution in [0.2, 0.25) is 0 Å². The van der Waals surface area contributed by atoms with E-state index in [0.717, 1.165) is 5.56 Å². The Hall–Kier alpha value is -3.15. The van der Waals surface area contributed by atoms with Crippen LogP contribution < -0.4 is 10.1 Å². The van der Waals surface area contributed by atoms with Crippen molar-refractivity contribution in [2.75, 3.05) is 12.4 Å². The highest BCUT2D eigenvalue weighted by molar-refractivity contribution is 5.90. The van der Waals surface area contributed by atoms with Gasteiger partial charge in [0.05, 0.1) is 7.11 Å². The summed E-state index contributed by atoms with van der Waals surface area (Å²) >= 11 is 0. The smallest absolute Gasteiger partial charge is 0.227 e. The summed E-state index contributed by atoms with van der Waals surface area (Å²) in [6.45, 7) is 4.30. The Morgan fingerprint density at radius 2 is 1.96 bits per heavy atom. The van der Waals surface area contributed by atoms with Gasteiger partial charge in [0, 0.05) is 30.2 Å². The summed E-state index contributed by atoms with van der Waals surface area (Å²) in [6.07, 6.45) is 0.637. The van der Waals surface area contributed by atoms with Crippen molar-refractivity contribution in [3.63, 3.8) is 0 Å². The topological polar surface area (TPSA) is 77.2 Å². The summed E-state index contributed by atoms with van der Waals surface area (Å²) in [4.78, 5) is 16.5. The number of methoxy groups -OCH3 is 1. The zero-order chi connectivity index (χ0) is 19.2. The molecule has 140 valence electrons. The molecule has 0 unspecified atom stereocenters. The van der Waals surface area contributed by atoms with E-state index < -0.39 is 0 Å². The standard InChI is InChI=1S/C21H23N3O3/c1-14(2)15-7-9-16(10-8-15)21-23-20(27-24-21)12-11-19(25)22-17-5-4-6-18(13-17)26-3/h4-10,13-14H,11-12H2,1-3H3,(H,22,25). The average molecular weight is 365 g/mol. The highest BCUT2D eigenvalue weighted by Crippen LogP contribution is 2.21. The minimum atomic E-state index is -0.121. The van der Waals surface area contributed by atoms with Gasteiger partial charge in [-0.1, -0.05) is 49.3 Å². The van der Waals surface area contributed by atoms with E-state index in [4.69, 9.17) is 9.26 Å². The fourth-order valence-electron chi connectivity index (χ4n) is 2.64. The second-order valence-corrected chi connectivity index (χ2v) is 6.57. The molecular weight excluding hydrogens is 342 g/mol. The van der Waals surface area contributed by atoms with Crippen LogP contribution in [0.5, 0.6) is 5.75 Å². The lowest BCUT2D eigenvalue weighted by molar-refractivity contribution is -0.116. The van der Waals surface area contributed by atoms with Crippen LogP contribution in [0.3, 0.4) is 0 Å². The zero-order valence-electron chi connectivity index (χ0n) is 15.7. The number of rotatable bonds is 7.